The zero-order valence-corrected chi connectivity index (χ0v) is 13.4. The molecule has 0 bridgehead atoms. The first-order valence-corrected chi connectivity index (χ1v) is 8.17. The lowest BCUT2D eigenvalue weighted by Gasteiger charge is -2.32. The van der Waals surface area contributed by atoms with Gasteiger partial charge in [-0.3, -0.25) is 0 Å². The molecule has 0 radical (unpaired) electrons. The van der Waals surface area contributed by atoms with E-state index in [2.05, 4.69) is 20.5 Å². The minimum atomic E-state index is -2.58. The van der Waals surface area contributed by atoms with Gasteiger partial charge in [0.2, 0.25) is 11.8 Å². The number of hydrogen-bond donors (Lipinski definition) is 0. The highest BCUT2D eigenvalue weighted by atomic mass is 19.3. The van der Waals surface area contributed by atoms with Gasteiger partial charge in [-0.2, -0.15) is 4.98 Å². The molecule has 24 heavy (non-hydrogen) atoms. The molecule has 2 aliphatic carbocycles. The molecule has 1 fully saturated rings. The summed E-state index contributed by atoms with van der Waals surface area (Å²) in [4.78, 5) is 4.38. The second-order valence-corrected chi connectivity index (χ2v) is 6.59. The minimum absolute atomic E-state index is 0.0825. The van der Waals surface area contributed by atoms with Crippen LogP contribution in [-0.2, 0) is 24.1 Å². The maximum absolute atomic E-state index is 13.0. The van der Waals surface area contributed by atoms with Crippen molar-refractivity contribution in [3.63, 3.8) is 0 Å². The zero-order chi connectivity index (χ0) is 16.7. The topological polar surface area (TPSA) is 78.9 Å². The molecule has 1 saturated carbocycles. The summed E-state index contributed by atoms with van der Waals surface area (Å²) in [5, 5.41) is 12.3. The largest absolute Gasteiger partial charge is 0.383 e. The van der Waals surface area contributed by atoms with Crippen LogP contribution < -0.4 is 0 Å². The van der Waals surface area contributed by atoms with Crippen LogP contribution in [0.15, 0.2) is 4.52 Å². The Morgan fingerprint density at radius 2 is 2.17 bits per heavy atom. The van der Waals surface area contributed by atoms with E-state index in [1.165, 1.54) is 0 Å². The Labute approximate surface area is 137 Å². The Balaban J connectivity index is 1.47. The van der Waals surface area contributed by atoms with Gasteiger partial charge >= 0.3 is 0 Å². The van der Waals surface area contributed by atoms with E-state index in [1.54, 1.807) is 7.11 Å². The van der Waals surface area contributed by atoms with E-state index in [4.69, 9.17) is 9.26 Å². The van der Waals surface area contributed by atoms with Gasteiger partial charge in [0.1, 0.15) is 0 Å². The second-order valence-electron chi connectivity index (χ2n) is 6.59. The number of methoxy groups -OCH3 is 1. The predicted octanol–water partition coefficient (Wildman–Crippen LogP) is 2.09. The van der Waals surface area contributed by atoms with Crippen LogP contribution in [0.2, 0.25) is 0 Å². The molecule has 0 saturated heterocycles. The standard InChI is InChI=1S/C15H19F2N5O2/c1-23-5-4-22-12-6-9(2-3-11(12)19-21-22)14-18-13(20-24-14)10-7-15(16,17)8-10/h9-10H,2-8H2,1H3. The summed E-state index contributed by atoms with van der Waals surface area (Å²) in [6.07, 6.45) is 1.99. The second kappa shape index (κ2) is 5.87. The monoisotopic (exact) mass is 339 g/mol. The maximum atomic E-state index is 13.0. The molecular formula is C15H19F2N5O2. The molecule has 1 atom stereocenters. The van der Waals surface area contributed by atoms with E-state index in [9.17, 15) is 8.78 Å². The Morgan fingerprint density at radius 1 is 1.33 bits per heavy atom. The van der Waals surface area contributed by atoms with Crippen molar-refractivity contribution in [1.29, 1.82) is 0 Å². The summed E-state index contributed by atoms with van der Waals surface area (Å²) in [5.41, 5.74) is 2.07. The van der Waals surface area contributed by atoms with Gasteiger partial charge in [-0.15, -0.1) is 5.10 Å². The van der Waals surface area contributed by atoms with Gasteiger partial charge in [0.15, 0.2) is 5.82 Å². The number of hydrogen-bond acceptors (Lipinski definition) is 6. The number of aryl methyl sites for hydroxylation is 1. The third-order valence-electron chi connectivity index (χ3n) is 4.86. The number of rotatable bonds is 5. The lowest BCUT2D eigenvalue weighted by Crippen LogP contribution is -2.34. The Kier molecular flexibility index (Phi) is 3.82. The average molecular weight is 339 g/mol. The van der Waals surface area contributed by atoms with Gasteiger partial charge in [0.25, 0.3) is 0 Å². The minimum Gasteiger partial charge on any atom is -0.383 e. The number of nitrogens with zero attached hydrogens (tertiary/aromatic N) is 5. The number of aromatic nitrogens is 5. The lowest BCUT2D eigenvalue weighted by molar-refractivity contribution is -0.0888. The number of fused-ring (bicyclic) bond motifs is 1. The first kappa shape index (κ1) is 15.6. The lowest BCUT2D eigenvalue weighted by atomic mass is 9.81. The highest BCUT2D eigenvalue weighted by Gasteiger charge is 2.48. The third kappa shape index (κ3) is 2.81. The summed E-state index contributed by atoms with van der Waals surface area (Å²) in [7, 11) is 1.65. The molecule has 2 aliphatic rings. The predicted molar refractivity (Wildman–Crippen MR) is 77.9 cm³/mol. The van der Waals surface area contributed by atoms with Crippen LogP contribution in [0, 0.1) is 0 Å². The van der Waals surface area contributed by atoms with Crippen LogP contribution in [0.3, 0.4) is 0 Å². The highest BCUT2D eigenvalue weighted by Crippen LogP contribution is 2.47. The molecule has 2 heterocycles. The molecule has 7 nitrogen and oxygen atoms in total. The Morgan fingerprint density at radius 3 is 2.92 bits per heavy atom. The molecular weight excluding hydrogens is 320 g/mol. The summed E-state index contributed by atoms with van der Waals surface area (Å²) >= 11 is 0. The number of ether oxygens (including phenoxy) is 1. The van der Waals surface area contributed by atoms with E-state index in [0.29, 0.717) is 31.3 Å². The molecule has 2 aromatic rings. The van der Waals surface area contributed by atoms with Crippen LogP contribution in [0.5, 0.6) is 0 Å². The van der Waals surface area contributed by atoms with Gasteiger partial charge in [-0.05, 0) is 12.8 Å². The number of alkyl halides is 2. The van der Waals surface area contributed by atoms with Gasteiger partial charge < -0.3 is 9.26 Å². The van der Waals surface area contributed by atoms with Crippen molar-refractivity contribution in [2.45, 2.75) is 56.4 Å². The molecule has 4 rings (SSSR count). The third-order valence-corrected chi connectivity index (χ3v) is 4.86. The van der Waals surface area contributed by atoms with E-state index in [-0.39, 0.29) is 24.7 Å². The van der Waals surface area contributed by atoms with Crippen LogP contribution in [0.1, 0.15) is 54.2 Å². The molecule has 0 N–H and O–H groups in total. The molecule has 0 amide bonds. The van der Waals surface area contributed by atoms with Crippen molar-refractivity contribution in [3.8, 4) is 0 Å². The van der Waals surface area contributed by atoms with Crippen molar-refractivity contribution >= 4 is 0 Å². The van der Waals surface area contributed by atoms with E-state index < -0.39 is 5.92 Å². The van der Waals surface area contributed by atoms with E-state index >= 15 is 0 Å². The van der Waals surface area contributed by atoms with E-state index in [0.717, 1.165) is 24.2 Å². The highest BCUT2D eigenvalue weighted by molar-refractivity contribution is 5.19. The fraction of sp³-hybridized carbons (Fsp3) is 0.733. The van der Waals surface area contributed by atoms with Crippen LogP contribution in [-0.4, -0.2) is 44.8 Å². The quantitative estimate of drug-likeness (QED) is 0.830. The SMILES string of the molecule is COCCn1nnc2c1CC(c1nc(C3CC(F)(F)C3)no1)CC2. The number of halogens is 2. The molecule has 9 heteroatoms. The molecule has 130 valence electrons. The molecule has 1 unspecified atom stereocenters. The van der Waals surface area contributed by atoms with E-state index in [1.807, 2.05) is 4.68 Å². The fourth-order valence-electron chi connectivity index (χ4n) is 3.42. The van der Waals surface area contributed by atoms with Gasteiger partial charge in [0, 0.05) is 38.2 Å². The van der Waals surface area contributed by atoms with Gasteiger partial charge in [-0.1, -0.05) is 10.4 Å². The van der Waals surface area contributed by atoms with Crippen LogP contribution in [0.25, 0.3) is 0 Å². The maximum Gasteiger partial charge on any atom is 0.249 e. The average Bonchev–Trinajstić information content (AvgIpc) is 3.17. The smallest absolute Gasteiger partial charge is 0.249 e. The van der Waals surface area contributed by atoms with Crippen molar-refractivity contribution < 1.29 is 18.0 Å². The zero-order valence-electron chi connectivity index (χ0n) is 13.4. The molecule has 0 aromatic carbocycles. The first-order valence-electron chi connectivity index (χ1n) is 8.17. The Bertz CT molecular complexity index is 721. The molecule has 0 spiro atoms. The van der Waals surface area contributed by atoms with Crippen molar-refractivity contribution in [1.82, 2.24) is 25.1 Å². The first-order chi connectivity index (χ1) is 11.6. The normalized spacial score (nSPS) is 23.0. The summed E-state index contributed by atoms with van der Waals surface area (Å²) in [5.74, 6) is -1.84. The van der Waals surface area contributed by atoms with Crippen molar-refractivity contribution in [2.24, 2.45) is 0 Å². The van der Waals surface area contributed by atoms with Crippen LogP contribution in [0.4, 0.5) is 8.78 Å². The van der Waals surface area contributed by atoms with Gasteiger partial charge in [0.05, 0.1) is 24.5 Å². The van der Waals surface area contributed by atoms with Gasteiger partial charge in [-0.25, -0.2) is 13.5 Å². The van der Waals surface area contributed by atoms with Crippen molar-refractivity contribution in [3.05, 3.63) is 23.1 Å². The molecule has 2 aromatic heterocycles. The molecule has 0 aliphatic heterocycles. The fourth-order valence-corrected chi connectivity index (χ4v) is 3.42. The van der Waals surface area contributed by atoms with Crippen LogP contribution >= 0.6 is 0 Å². The Hall–Kier alpha value is -1.90. The summed E-state index contributed by atoms with van der Waals surface area (Å²) in [6.45, 7) is 1.22. The van der Waals surface area contributed by atoms with Crippen molar-refractivity contribution in [2.75, 3.05) is 13.7 Å². The summed E-state index contributed by atoms with van der Waals surface area (Å²) in [6, 6.07) is 0. The summed E-state index contributed by atoms with van der Waals surface area (Å²) < 4.78 is 38.3.